The molecule has 1 fully saturated rings. The Labute approximate surface area is 171 Å². The van der Waals surface area contributed by atoms with Crippen LogP contribution in [0.4, 0.5) is 9.18 Å². The molecule has 1 heterocycles. The maximum absolute atomic E-state index is 13.8. The van der Waals surface area contributed by atoms with Crippen molar-refractivity contribution in [3.05, 3.63) is 40.6 Å². The Bertz CT molecular complexity index is 798. The van der Waals surface area contributed by atoms with E-state index in [2.05, 4.69) is 5.32 Å². The molecule has 0 aromatic heterocycles. The van der Waals surface area contributed by atoms with Crippen LogP contribution in [0.25, 0.3) is 6.08 Å². The maximum atomic E-state index is 13.8. The second-order valence-electron chi connectivity index (χ2n) is 9.05. The van der Waals surface area contributed by atoms with Crippen LogP contribution in [-0.2, 0) is 14.0 Å². The smallest absolute Gasteiger partial charge is 0.444 e. The minimum absolute atomic E-state index is 0.0422. The highest BCUT2D eigenvalue weighted by Gasteiger charge is 2.52. The fourth-order valence-corrected chi connectivity index (χ4v) is 2.66. The van der Waals surface area contributed by atoms with Gasteiger partial charge in [-0.25, -0.2) is 9.18 Å². The summed E-state index contributed by atoms with van der Waals surface area (Å²) >= 11 is 0. The molecule has 1 aliphatic rings. The minimum Gasteiger partial charge on any atom is -0.444 e. The van der Waals surface area contributed by atoms with E-state index >= 15 is 0 Å². The van der Waals surface area contributed by atoms with Crippen LogP contribution >= 0.6 is 0 Å². The first-order valence-corrected chi connectivity index (χ1v) is 9.52. The van der Waals surface area contributed by atoms with Crippen molar-refractivity contribution >= 4 is 25.6 Å². The van der Waals surface area contributed by atoms with E-state index in [-0.39, 0.29) is 6.54 Å². The van der Waals surface area contributed by atoms with E-state index in [1.807, 2.05) is 27.7 Å². The largest absolute Gasteiger partial charge is 0.492 e. The molecule has 29 heavy (non-hydrogen) atoms. The van der Waals surface area contributed by atoms with Crippen molar-refractivity contribution in [2.75, 3.05) is 6.54 Å². The predicted molar refractivity (Wildman–Crippen MR) is 110 cm³/mol. The summed E-state index contributed by atoms with van der Waals surface area (Å²) in [5.74, 6) is -0.477. The summed E-state index contributed by atoms with van der Waals surface area (Å²) in [4.78, 5) is 23.5. The molecule has 8 heteroatoms. The van der Waals surface area contributed by atoms with E-state index < -0.39 is 35.8 Å². The predicted octanol–water partition coefficient (Wildman–Crippen LogP) is 4.18. The molecule has 1 aromatic rings. The number of carbonyl (C=O) groups is 2. The Morgan fingerprint density at radius 1 is 1.17 bits per heavy atom. The second kappa shape index (κ2) is 8.28. The summed E-state index contributed by atoms with van der Waals surface area (Å²) in [6.07, 6.45) is 1.65. The summed E-state index contributed by atoms with van der Waals surface area (Å²) in [6.45, 7) is 13.0. The van der Waals surface area contributed by atoms with Crippen LogP contribution in [0.1, 0.15) is 64.4 Å². The number of hydrogen-bond acceptors (Lipinski definition) is 5. The number of amides is 1. The molecule has 1 N–H and O–H groups in total. The zero-order chi connectivity index (χ0) is 22.0. The van der Waals surface area contributed by atoms with Crippen LogP contribution in [0.15, 0.2) is 23.7 Å². The van der Waals surface area contributed by atoms with Gasteiger partial charge in [0.1, 0.15) is 11.4 Å². The summed E-state index contributed by atoms with van der Waals surface area (Å²) in [5.41, 5.74) is -0.626. The van der Waals surface area contributed by atoms with Gasteiger partial charge in [-0.05, 0) is 77.7 Å². The van der Waals surface area contributed by atoms with Crippen molar-refractivity contribution < 1.29 is 28.0 Å². The molecule has 158 valence electrons. The molecule has 1 aromatic carbocycles. The molecule has 0 spiro atoms. The lowest BCUT2D eigenvalue weighted by Gasteiger charge is -2.32. The molecule has 0 saturated carbocycles. The van der Waals surface area contributed by atoms with Crippen LogP contribution < -0.4 is 5.32 Å². The van der Waals surface area contributed by atoms with Crippen molar-refractivity contribution in [2.24, 2.45) is 0 Å². The number of hydrogen-bond donors (Lipinski definition) is 1. The fraction of sp³-hybridized carbons (Fsp3) is 0.524. The van der Waals surface area contributed by atoms with E-state index in [0.29, 0.717) is 22.9 Å². The van der Waals surface area contributed by atoms with E-state index in [9.17, 15) is 14.0 Å². The lowest BCUT2D eigenvalue weighted by atomic mass is 9.76. The summed E-state index contributed by atoms with van der Waals surface area (Å²) in [7, 11) is -0.780. The molecular weight excluding hydrogens is 376 g/mol. The maximum Gasteiger partial charge on any atom is 0.492 e. The Balaban J connectivity index is 2.35. The first-order valence-electron chi connectivity index (χ1n) is 9.52. The van der Waals surface area contributed by atoms with Gasteiger partial charge >= 0.3 is 13.2 Å². The van der Waals surface area contributed by atoms with Crippen molar-refractivity contribution in [2.45, 2.75) is 65.3 Å². The molecule has 1 saturated heterocycles. The molecule has 0 atom stereocenters. The van der Waals surface area contributed by atoms with E-state index in [4.69, 9.17) is 14.0 Å². The lowest BCUT2D eigenvalue weighted by Crippen LogP contribution is -2.41. The second-order valence-corrected chi connectivity index (χ2v) is 9.05. The fourth-order valence-electron chi connectivity index (χ4n) is 2.66. The minimum atomic E-state index is -0.780. The van der Waals surface area contributed by atoms with E-state index in [1.165, 1.54) is 18.2 Å². The van der Waals surface area contributed by atoms with Crippen LogP contribution in [0.3, 0.4) is 0 Å². The van der Waals surface area contributed by atoms with Gasteiger partial charge in [-0.1, -0.05) is 6.08 Å². The number of halogens is 1. The first kappa shape index (κ1) is 23.1. The standard InChI is InChI=1S/C21H29BFNO5/c1-19(2,3)27-18(26)24-12-16(22-28-20(4,5)21(6,7)29-22)10-15-11-17(23)9-8-14(15)13-25/h8-11,13H,12H2,1-7H3,(H,24,26). The van der Waals surface area contributed by atoms with Gasteiger partial charge in [-0.3, -0.25) is 4.79 Å². The molecule has 0 radical (unpaired) electrons. The van der Waals surface area contributed by atoms with Crippen molar-refractivity contribution in [3.8, 4) is 0 Å². The molecule has 1 amide bonds. The van der Waals surface area contributed by atoms with Gasteiger partial charge in [0.15, 0.2) is 6.29 Å². The topological polar surface area (TPSA) is 73.9 Å². The summed E-state index contributed by atoms with van der Waals surface area (Å²) < 4.78 is 31.2. The van der Waals surface area contributed by atoms with Crippen LogP contribution in [-0.4, -0.2) is 42.8 Å². The van der Waals surface area contributed by atoms with Crippen molar-refractivity contribution in [1.29, 1.82) is 0 Å². The third kappa shape index (κ3) is 5.90. The number of carbonyl (C=O) groups excluding carboxylic acids is 2. The Kier molecular flexibility index (Phi) is 6.60. The molecular formula is C21H29BFNO5. The van der Waals surface area contributed by atoms with Gasteiger partial charge in [0.25, 0.3) is 0 Å². The first-order chi connectivity index (χ1) is 13.2. The number of nitrogens with one attached hydrogen (secondary N) is 1. The Morgan fingerprint density at radius 3 is 2.28 bits per heavy atom. The molecule has 0 aliphatic carbocycles. The highest BCUT2D eigenvalue weighted by Crippen LogP contribution is 2.38. The molecule has 6 nitrogen and oxygen atoms in total. The van der Waals surface area contributed by atoms with Gasteiger partial charge in [0.2, 0.25) is 0 Å². The third-order valence-electron chi connectivity index (χ3n) is 4.91. The summed E-state index contributed by atoms with van der Waals surface area (Å²) in [5, 5.41) is 2.67. The van der Waals surface area contributed by atoms with Gasteiger partial charge in [-0.2, -0.15) is 0 Å². The number of benzene rings is 1. The number of aldehydes is 1. The van der Waals surface area contributed by atoms with E-state index in [1.54, 1.807) is 26.8 Å². The highest BCUT2D eigenvalue weighted by atomic mass is 19.1. The van der Waals surface area contributed by atoms with Crippen molar-refractivity contribution in [3.63, 3.8) is 0 Å². The van der Waals surface area contributed by atoms with Crippen LogP contribution in [0.2, 0.25) is 0 Å². The Morgan fingerprint density at radius 2 is 1.76 bits per heavy atom. The molecule has 0 unspecified atom stereocenters. The number of alkyl carbamates (subject to hydrolysis) is 1. The molecule has 2 rings (SSSR count). The zero-order valence-electron chi connectivity index (χ0n) is 18.1. The molecule has 0 bridgehead atoms. The van der Waals surface area contributed by atoms with Crippen LogP contribution in [0.5, 0.6) is 0 Å². The highest BCUT2D eigenvalue weighted by molar-refractivity contribution is 6.56. The van der Waals surface area contributed by atoms with Crippen LogP contribution in [0, 0.1) is 5.82 Å². The van der Waals surface area contributed by atoms with E-state index in [0.717, 1.165) is 0 Å². The average molecular weight is 405 g/mol. The van der Waals surface area contributed by atoms with Gasteiger partial charge in [-0.15, -0.1) is 0 Å². The average Bonchev–Trinajstić information content (AvgIpc) is 2.77. The van der Waals surface area contributed by atoms with Gasteiger partial charge in [0.05, 0.1) is 11.2 Å². The zero-order valence-corrected chi connectivity index (χ0v) is 18.1. The molecule has 1 aliphatic heterocycles. The lowest BCUT2D eigenvalue weighted by molar-refractivity contribution is 0.00578. The van der Waals surface area contributed by atoms with Gasteiger partial charge < -0.3 is 19.4 Å². The number of ether oxygens (including phenoxy) is 1. The normalized spacial score (nSPS) is 18.5. The quantitative estimate of drug-likeness (QED) is 0.588. The monoisotopic (exact) mass is 405 g/mol. The summed E-state index contributed by atoms with van der Waals surface area (Å²) in [6, 6.07) is 3.87. The van der Waals surface area contributed by atoms with Crippen molar-refractivity contribution in [1.82, 2.24) is 5.32 Å². The number of rotatable bonds is 5. The van der Waals surface area contributed by atoms with Gasteiger partial charge in [0, 0.05) is 12.1 Å². The Hall–Kier alpha value is -2.19. The SMILES string of the molecule is CC(C)(C)OC(=O)NCC(=Cc1cc(F)ccc1C=O)B1OC(C)(C)C(C)(C)O1. The third-order valence-corrected chi connectivity index (χ3v) is 4.91.